The topological polar surface area (TPSA) is 57.6 Å². The summed E-state index contributed by atoms with van der Waals surface area (Å²) in [6.45, 7) is -0.245. The molecule has 1 fully saturated rings. The molecule has 6 heteroatoms. The maximum Gasteiger partial charge on any atom is 0.343 e. The second-order valence-electron chi connectivity index (χ2n) is 4.90. The number of fused-ring (bicyclic) bond motifs is 1. The molecule has 2 heterocycles. The maximum atomic E-state index is 14.0. The zero-order valence-corrected chi connectivity index (χ0v) is 11.3. The van der Waals surface area contributed by atoms with Crippen LogP contribution in [0.3, 0.4) is 0 Å². The molecule has 1 saturated heterocycles. The first-order valence-corrected chi connectivity index (χ1v) is 7.01. The number of benzene rings is 1. The predicted octanol–water partition coefficient (Wildman–Crippen LogP) is 2.54. The van der Waals surface area contributed by atoms with Crippen LogP contribution in [-0.4, -0.2) is 40.6 Å². The van der Waals surface area contributed by atoms with Crippen LogP contribution in [0.1, 0.15) is 16.1 Å². The normalized spacial score (nSPS) is 22.4. The van der Waals surface area contributed by atoms with Gasteiger partial charge in [0.05, 0.1) is 11.4 Å². The first-order chi connectivity index (χ1) is 9.49. The Hall–Kier alpha value is -1.95. The van der Waals surface area contributed by atoms with Crippen molar-refractivity contribution in [2.45, 2.75) is 12.1 Å². The summed E-state index contributed by atoms with van der Waals surface area (Å²) in [7, 11) is 0. The fourth-order valence-corrected chi connectivity index (χ4v) is 3.39. The third-order valence-electron chi connectivity index (χ3n) is 3.53. The van der Waals surface area contributed by atoms with Crippen molar-refractivity contribution in [3.8, 4) is 0 Å². The molecule has 0 aliphatic carbocycles. The minimum absolute atomic E-state index is 0.135. The summed E-state index contributed by atoms with van der Waals surface area (Å²) in [5.74, 6) is -1.80. The molecule has 1 aliphatic heterocycles. The quantitative estimate of drug-likeness (QED) is 0.925. The molecule has 2 aromatic rings. The summed E-state index contributed by atoms with van der Waals surface area (Å²) in [5.41, 5.74) is -2.31. The second kappa shape index (κ2) is 4.56. The minimum atomic E-state index is -2.31. The third kappa shape index (κ3) is 2.06. The standard InChI is InChI=1S/C14H12FNO3S/c15-14(13(18)19)5-6-16(8-14)12(17)11-7-9-3-1-2-4-10(9)20-11/h1-4,7H,5-6,8H2,(H,18,19). The Kier molecular flexibility index (Phi) is 2.97. The van der Waals surface area contributed by atoms with Gasteiger partial charge < -0.3 is 10.0 Å². The molecule has 3 rings (SSSR count). The molecule has 0 saturated carbocycles. The van der Waals surface area contributed by atoms with Gasteiger partial charge in [0.2, 0.25) is 5.67 Å². The number of carboxylic acids is 1. The number of carbonyl (C=O) groups is 2. The monoisotopic (exact) mass is 293 g/mol. The number of hydrogen-bond donors (Lipinski definition) is 1. The molecule has 1 unspecified atom stereocenters. The fourth-order valence-electron chi connectivity index (χ4n) is 2.36. The number of aliphatic carboxylic acids is 1. The Morgan fingerprint density at radius 1 is 1.35 bits per heavy atom. The van der Waals surface area contributed by atoms with Gasteiger partial charge in [0, 0.05) is 17.7 Å². The highest BCUT2D eigenvalue weighted by atomic mass is 32.1. The number of amides is 1. The van der Waals surface area contributed by atoms with Gasteiger partial charge in [-0.3, -0.25) is 4.79 Å². The lowest BCUT2D eigenvalue weighted by molar-refractivity contribution is -0.149. The first-order valence-electron chi connectivity index (χ1n) is 6.20. The van der Waals surface area contributed by atoms with E-state index in [1.54, 1.807) is 6.07 Å². The summed E-state index contributed by atoms with van der Waals surface area (Å²) in [6.07, 6.45) is -0.154. The summed E-state index contributed by atoms with van der Waals surface area (Å²) < 4.78 is 15.0. The number of alkyl halides is 1. The van der Waals surface area contributed by atoms with Gasteiger partial charge in [-0.05, 0) is 17.5 Å². The van der Waals surface area contributed by atoms with Crippen molar-refractivity contribution in [2.75, 3.05) is 13.1 Å². The molecule has 20 heavy (non-hydrogen) atoms. The molecular formula is C14H12FNO3S. The third-order valence-corrected chi connectivity index (χ3v) is 4.63. The van der Waals surface area contributed by atoms with Crippen molar-refractivity contribution >= 4 is 33.3 Å². The van der Waals surface area contributed by atoms with Crippen LogP contribution in [0.5, 0.6) is 0 Å². The van der Waals surface area contributed by atoms with E-state index in [0.29, 0.717) is 4.88 Å². The van der Waals surface area contributed by atoms with E-state index < -0.39 is 11.6 Å². The van der Waals surface area contributed by atoms with Crippen LogP contribution in [0, 0.1) is 0 Å². The molecule has 104 valence electrons. The van der Waals surface area contributed by atoms with E-state index in [4.69, 9.17) is 5.11 Å². The van der Waals surface area contributed by atoms with Crippen molar-refractivity contribution in [3.63, 3.8) is 0 Å². The van der Waals surface area contributed by atoms with E-state index >= 15 is 0 Å². The molecule has 1 amide bonds. The van der Waals surface area contributed by atoms with E-state index in [1.807, 2.05) is 24.3 Å². The van der Waals surface area contributed by atoms with Crippen molar-refractivity contribution < 1.29 is 19.1 Å². The van der Waals surface area contributed by atoms with Gasteiger partial charge in [0.1, 0.15) is 0 Å². The zero-order chi connectivity index (χ0) is 14.3. The van der Waals surface area contributed by atoms with Gasteiger partial charge in [-0.1, -0.05) is 18.2 Å². The lowest BCUT2D eigenvalue weighted by atomic mass is 10.1. The summed E-state index contributed by atoms with van der Waals surface area (Å²) in [5, 5.41) is 9.81. The number of carbonyl (C=O) groups excluding carboxylic acids is 1. The lowest BCUT2D eigenvalue weighted by Gasteiger charge is -2.16. The zero-order valence-electron chi connectivity index (χ0n) is 10.5. The fraction of sp³-hybridized carbons (Fsp3) is 0.286. The average Bonchev–Trinajstić information content (AvgIpc) is 3.02. The van der Waals surface area contributed by atoms with Crippen molar-refractivity contribution in [1.82, 2.24) is 4.90 Å². The number of nitrogens with zero attached hydrogens (tertiary/aromatic N) is 1. The SMILES string of the molecule is O=C(c1cc2ccccc2s1)N1CCC(F)(C(=O)O)C1. The van der Waals surface area contributed by atoms with Gasteiger partial charge >= 0.3 is 5.97 Å². The first kappa shape index (κ1) is 13.1. The Balaban J connectivity index is 1.85. The molecule has 1 N–H and O–H groups in total. The van der Waals surface area contributed by atoms with Crippen molar-refractivity contribution in [2.24, 2.45) is 0 Å². The average molecular weight is 293 g/mol. The van der Waals surface area contributed by atoms with Gasteiger partial charge in [0.15, 0.2) is 0 Å². The second-order valence-corrected chi connectivity index (χ2v) is 5.98. The van der Waals surface area contributed by atoms with E-state index in [-0.39, 0.29) is 25.4 Å². The van der Waals surface area contributed by atoms with Gasteiger partial charge in [-0.2, -0.15) is 0 Å². The van der Waals surface area contributed by atoms with E-state index in [1.165, 1.54) is 16.2 Å². The van der Waals surface area contributed by atoms with Crippen molar-refractivity contribution in [1.29, 1.82) is 0 Å². The van der Waals surface area contributed by atoms with Crippen LogP contribution in [-0.2, 0) is 4.79 Å². The Morgan fingerprint density at radius 3 is 2.75 bits per heavy atom. The number of halogens is 1. The molecule has 1 aliphatic rings. The summed E-state index contributed by atoms with van der Waals surface area (Å²) in [6, 6.07) is 9.36. The minimum Gasteiger partial charge on any atom is -0.479 e. The number of rotatable bonds is 2. The highest BCUT2D eigenvalue weighted by molar-refractivity contribution is 7.20. The van der Waals surface area contributed by atoms with Crippen LogP contribution < -0.4 is 0 Å². The molecule has 1 aromatic heterocycles. The van der Waals surface area contributed by atoms with Gasteiger partial charge in [-0.25, -0.2) is 9.18 Å². The molecule has 0 spiro atoms. The number of likely N-dealkylation sites (tertiary alicyclic amines) is 1. The molecule has 0 bridgehead atoms. The van der Waals surface area contributed by atoms with Crippen LogP contribution in [0.25, 0.3) is 10.1 Å². The summed E-state index contributed by atoms with van der Waals surface area (Å²) >= 11 is 1.34. The number of carboxylic acid groups (broad SMARTS) is 1. The molecule has 0 radical (unpaired) electrons. The van der Waals surface area contributed by atoms with Crippen LogP contribution >= 0.6 is 11.3 Å². The van der Waals surface area contributed by atoms with Gasteiger partial charge in [-0.15, -0.1) is 11.3 Å². The van der Waals surface area contributed by atoms with Crippen LogP contribution in [0.2, 0.25) is 0 Å². The molecule has 4 nitrogen and oxygen atoms in total. The van der Waals surface area contributed by atoms with E-state index in [0.717, 1.165) is 10.1 Å². The predicted molar refractivity (Wildman–Crippen MR) is 73.8 cm³/mol. The Labute approximate surface area is 118 Å². The van der Waals surface area contributed by atoms with Crippen LogP contribution in [0.4, 0.5) is 4.39 Å². The highest BCUT2D eigenvalue weighted by Crippen LogP contribution is 2.30. The molecule has 1 atom stereocenters. The van der Waals surface area contributed by atoms with Crippen molar-refractivity contribution in [3.05, 3.63) is 35.2 Å². The molecule has 1 aromatic carbocycles. The largest absolute Gasteiger partial charge is 0.479 e. The molecular weight excluding hydrogens is 281 g/mol. The summed E-state index contributed by atoms with van der Waals surface area (Å²) in [4.78, 5) is 25.0. The maximum absolute atomic E-state index is 14.0. The highest BCUT2D eigenvalue weighted by Gasteiger charge is 2.47. The van der Waals surface area contributed by atoms with Gasteiger partial charge in [0.25, 0.3) is 5.91 Å². The van der Waals surface area contributed by atoms with E-state index in [9.17, 15) is 14.0 Å². The Bertz CT molecular complexity index is 666. The number of thiophene rings is 1. The Morgan fingerprint density at radius 2 is 2.10 bits per heavy atom. The smallest absolute Gasteiger partial charge is 0.343 e. The lowest BCUT2D eigenvalue weighted by Crippen LogP contribution is -2.38. The van der Waals surface area contributed by atoms with E-state index in [2.05, 4.69) is 0 Å². The van der Waals surface area contributed by atoms with Crippen LogP contribution in [0.15, 0.2) is 30.3 Å². The number of hydrogen-bond acceptors (Lipinski definition) is 3.